The van der Waals surface area contributed by atoms with Crippen LogP contribution in [-0.2, 0) is 0 Å². The van der Waals surface area contributed by atoms with Crippen molar-refractivity contribution in [1.29, 1.82) is 0 Å². The Morgan fingerprint density at radius 2 is 0.926 bits per heavy atom. The van der Waals surface area contributed by atoms with Gasteiger partial charge in [-0.15, -0.1) is 0 Å². The minimum Gasteiger partial charge on any atom is -0.0683 e. The second kappa shape index (κ2) is 16.9. The van der Waals surface area contributed by atoms with Gasteiger partial charge in [-0.25, -0.2) is 0 Å². The molecule has 3 rings (SSSR count). The molecular weight excluding hydrogens is 324 g/mol. The van der Waals surface area contributed by atoms with Gasteiger partial charge < -0.3 is 0 Å². The highest BCUT2D eigenvalue weighted by atomic mass is 14.4. The van der Waals surface area contributed by atoms with Gasteiger partial charge in [0.2, 0.25) is 0 Å². The van der Waals surface area contributed by atoms with Crippen LogP contribution in [0.3, 0.4) is 0 Å². The molecule has 0 spiro atoms. The Labute approximate surface area is 174 Å². The number of hydrogen-bond donors (Lipinski definition) is 0. The molecule has 6 unspecified atom stereocenters. The van der Waals surface area contributed by atoms with Gasteiger partial charge in [-0.1, -0.05) is 100 Å². The Hall–Kier alpha value is 0. The van der Waals surface area contributed by atoms with E-state index in [9.17, 15) is 0 Å². The van der Waals surface area contributed by atoms with Crippen molar-refractivity contribution in [2.75, 3.05) is 0 Å². The smallest absolute Gasteiger partial charge is 0.0383 e. The van der Waals surface area contributed by atoms with Gasteiger partial charge >= 0.3 is 0 Å². The molecule has 0 bridgehead atoms. The zero-order valence-corrected chi connectivity index (χ0v) is 20.7. The molecule has 0 aromatic rings. The number of rotatable bonds is 3. The molecule has 3 aliphatic carbocycles. The molecule has 0 nitrogen and oxygen atoms in total. The van der Waals surface area contributed by atoms with Crippen LogP contribution in [0.25, 0.3) is 0 Å². The van der Waals surface area contributed by atoms with Crippen molar-refractivity contribution >= 4 is 0 Å². The molecular formula is C27H56. The van der Waals surface area contributed by atoms with Crippen LogP contribution < -0.4 is 0 Å². The summed E-state index contributed by atoms with van der Waals surface area (Å²) < 4.78 is 0. The molecule has 0 amide bonds. The zero-order valence-electron chi connectivity index (χ0n) is 20.7. The predicted octanol–water partition coefficient (Wildman–Crippen LogP) is 9.91. The molecule has 3 fully saturated rings. The average Bonchev–Trinajstić information content (AvgIpc) is 2.75. The van der Waals surface area contributed by atoms with E-state index < -0.39 is 0 Å². The van der Waals surface area contributed by atoms with Crippen molar-refractivity contribution in [2.24, 2.45) is 35.5 Å². The summed E-state index contributed by atoms with van der Waals surface area (Å²) in [7, 11) is 0. The van der Waals surface area contributed by atoms with Crippen LogP contribution in [0, 0.1) is 35.5 Å². The minimum atomic E-state index is 1.06. The monoisotopic (exact) mass is 380 g/mol. The van der Waals surface area contributed by atoms with Gasteiger partial charge in [0.15, 0.2) is 0 Å². The Morgan fingerprint density at radius 1 is 0.519 bits per heavy atom. The Kier molecular flexibility index (Phi) is 16.9. The third-order valence-corrected chi connectivity index (χ3v) is 7.61. The molecule has 0 radical (unpaired) electrons. The van der Waals surface area contributed by atoms with Crippen LogP contribution in [0.15, 0.2) is 0 Å². The fraction of sp³-hybridized carbons (Fsp3) is 1.00. The van der Waals surface area contributed by atoms with Gasteiger partial charge in [0, 0.05) is 0 Å². The molecule has 0 N–H and O–H groups in total. The second-order valence-corrected chi connectivity index (χ2v) is 8.67. The normalized spacial score (nSPS) is 35.1. The first-order valence-electron chi connectivity index (χ1n) is 13.3. The summed E-state index contributed by atoms with van der Waals surface area (Å²) in [6, 6.07) is 0. The molecule has 0 heteroatoms. The topological polar surface area (TPSA) is 0 Å². The molecule has 3 aliphatic rings. The van der Waals surface area contributed by atoms with E-state index in [0.717, 1.165) is 35.5 Å². The largest absolute Gasteiger partial charge is 0.0683 e. The SMILES string of the molecule is CC.CC.CC.CCCC1CC2CCC3CCCCC3CCC2CC1CC. The highest BCUT2D eigenvalue weighted by Crippen LogP contribution is 2.49. The predicted molar refractivity (Wildman–Crippen MR) is 126 cm³/mol. The van der Waals surface area contributed by atoms with Crippen molar-refractivity contribution in [3.05, 3.63) is 0 Å². The fourth-order valence-electron chi connectivity index (χ4n) is 6.38. The Morgan fingerprint density at radius 3 is 1.33 bits per heavy atom. The zero-order chi connectivity index (χ0) is 20.7. The molecule has 0 aromatic heterocycles. The maximum atomic E-state index is 2.45. The van der Waals surface area contributed by atoms with Gasteiger partial charge in [0.25, 0.3) is 0 Å². The number of hydrogen-bond acceptors (Lipinski definition) is 0. The molecule has 164 valence electrons. The van der Waals surface area contributed by atoms with Crippen LogP contribution in [-0.4, -0.2) is 0 Å². The first-order valence-corrected chi connectivity index (χ1v) is 13.3. The van der Waals surface area contributed by atoms with E-state index in [1.807, 2.05) is 41.5 Å². The lowest BCUT2D eigenvalue weighted by atomic mass is 9.60. The van der Waals surface area contributed by atoms with E-state index in [-0.39, 0.29) is 0 Å². The van der Waals surface area contributed by atoms with Gasteiger partial charge in [0.05, 0.1) is 0 Å². The van der Waals surface area contributed by atoms with E-state index in [2.05, 4.69) is 13.8 Å². The van der Waals surface area contributed by atoms with Crippen LogP contribution >= 0.6 is 0 Å². The summed E-state index contributed by atoms with van der Waals surface area (Å²) in [5.41, 5.74) is 0. The molecule has 0 heterocycles. The molecule has 0 aliphatic heterocycles. The third-order valence-electron chi connectivity index (χ3n) is 7.61. The summed E-state index contributed by atoms with van der Waals surface area (Å²) in [4.78, 5) is 0. The van der Waals surface area contributed by atoms with E-state index in [1.54, 1.807) is 51.4 Å². The van der Waals surface area contributed by atoms with Crippen molar-refractivity contribution in [3.8, 4) is 0 Å². The van der Waals surface area contributed by atoms with Gasteiger partial charge in [-0.2, -0.15) is 0 Å². The Bertz CT molecular complexity index is 307. The molecule has 27 heavy (non-hydrogen) atoms. The van der Waals surface area contributed by atoms with Crippen LogP contribution in [0.5, 0.6) is 0 Å². The van der Waals surface area contributed by atoms with Crippen LogP contribution in [0.4, 0.5) is 0 Å². The molecule has 0 saturated heterocycles. The summed E-state index contributed by atoms with van der Waals surface area (Å²) in [6.07, 6.45) is 20.1. The quantitative estimate of drug-likeness (QED) is 0.457. The number of fused-ring (bicyclic) bond motifs is 2. The second-order valence-electron chi connectivity index (χ2n) is 8.67. The first-order chi connectivity index (χ1) is 13.3. The van der Waals surface area contributed by atoms with Crippen molar-refractivity contribution in [3.63, 3.8) is 0 Å². The summed E-state index contributed by atoms with van der Waals surface area (Å²) in [5.74, 6) is 6.58. The summed E-state index contributed by atoms with van der Waals surface area (Å²) >= 11 is 0. The van der Waals surface area contributed by atoms with Crippen molar-refractivity contribution in [2.45, 2.75) is 139 Å². The lowest BCUT2D eigenvalue weighted by Crippen LogP contribution is -2.35. The van der Waals surface area contributed by atoms with Gasteiger partial charge in [0.1, 0.15) is 0 Å². The van der Waals surface area contributed by atoms with Gasteiger partial charge in [-0.05, 0) is 74.0 Å². The third kappa shape index (κ3) is 8.49. The van der Waals surface area contributed by atoms with Crippen LogP contribution in [0.1, 0.15) is 139 Å². The first kappa shape index (κ1) is 27.0. The Balaban J connectivity index is 0.00000103. The fourth-order valence-corrected chi connectivity index (χ4v) is 6.38. The lowest BCUT2D eigenvalue weighted by molar-refractivity contribution is 0.0557. The highest BCUT2D eigenvalue weighted by Gasteiger charge is 2.38. The molecule has 3 saturated carbocycles. The highest BCUT2D eigenvalue weighted by molar-refractivity contribution is 4.89. The standard InChI is InChI=1S/C21H38.3C2H6/c1-3-7-19-15-21-13-11-18-9-6-5-8-17(18)10-12-20(21)14-16(19)4-2;3*1-2/h16-21H,3-15H2,1-2H3;3*1-2H3. The van der Waals surface area contributed by atoms with E-state index >= 15 is 0 Å². The maximum absolute atomic E-state index is 2.45. The van der Waals surface area contributed by atoms with Crippen molar-refractivity contribution in [1.82, 2.24) is 0 Å². The van der Waals surface area contributed by atoms with Crippen LogP contribution in [0.2, 0.25) is 0 Å². The van der Waals surface area contributed by atoms with E-state index in [1.165, 1.54) is 32.1 Å². The molecule has 6 atom stereocenters. The van der Waals surface area contributed by atoms with Crippen molar-refractivity contribution < 1.29 is 0 Å². The van der Waals surface area contributed by atoms with Gasteiger partial charge in [-0.3, -0.25) is 0 Å². The van der Waals surface area contributed by atoms with E-state index in [4.69, 9.17) is 0 Å². The lowest BCUT2D eigenvalue weighted by Gasteiger charge is -2.45. The summed E-state index contributed by atoms with van der Waals surface area (Å²) in [5, 5.41) is 0. The minimum absolute atomic E-state index is 1.06. The molecule has 0 aromatic carbocycles. The van der Waals surface area contributed by atoms with E-state index in [0.29, 0.717) is 0 Å². The average molecular weight is 381 g/mol. The summed E-state index contributed by atoms with van der Waals surface area (Å²) in [6.45, 7) is 16.8. The maximum Gasteiger partial charge on any atom is -0.0383 e.